The summed E-state index contributed by atoms with van der Waals surface area (Å²) >= 11 is 12.0. The Morgan fingerprint density at radius 2 is 1.83 bits per heavy atom. The van der Waals surface area contributed by atoms with Crippen LogP contribution < -0.4 is 24.4 Å². The molecule has 0 atom stereocenters. The fourth-order valence-electron chi connectivity index (χ4n) is 2.92. The molecule has 0 aromatic heterocycles. The Balaban J connectivity index is 1.78. The lowest BCUT2D eigenvalue weighted by Crippen LogP contribution is -2.54. The van der Waals surface area contributed by atoms with Crippen molar-refractivity contribution in [1.82, 2.24) is 5.32 Å². The Hall–Kier alpha value is -3.23. The van der Waals surface area contributed by atoms with Crippen LogP contribution in [0.25, 0.3) is 6.08 Å². The molecule has 0 aliphatic carbocycles. The van der Waals surface area contributed by atoms with E-state index in [0.29, 0.717) is 27.8 Å². The molecule has 0 radical (unpaired) electrons. The maximum absolute atomic E-state index is 13.0. The first-order chi connectivity index (χ1) is 13.9. The zero-order valence-corrected chi connectivity index (χ0v) is 16.3. The Morgan fingerprint density at radius 3 is 2.52 bits per heavy atom. The number of nitrogens with zero attached hydrogens (tertiary/aromatic N) is 1. The van der Waals surface area contributed by atoms with Crippen molar-refractivity contribution in [2.75, 3.05) is 18.8 Å². The van der Waals surface area contributed by atoms with Gasteiger partial charge in [0.15, 0.2) is 11.5 Å². The molecule has 2 aromatic rings. The zero-order valence-electron chi connectivity index (χ0n) is 14.8. The normalized spacial score (nSPS) is 17.0. The van der Waals surface area contributed by atoms with Gasteiger partial charge in [0.25, 0.3) is 11.8 Å². The highest BCUT2D eigenvalue weighted by Gasteiger charge is 2.38. The summed E-state index contributed by atoms with van der Waals surface area (Å²) in [5.74, 6) is -0.415. The summed E-state index contributed by atoms with van der Waals surface area (Å²) < 4.78 is 15.9. The SMILES string of the molecule is COc1cc2c(cc1/C=C1/C(=O)NC(=O)N(c3ccc(Cl)cc3Cl)C1=O)OCO2. The van der Waals surface area contributed by atoms with Crippen molar-refractivity contribution in [3.05, 3.63) is 51.5 Å². The number of rotatable bonds is 3. The first-order valence-corrected chi connectivity index (χ1v) is 8.99. The van der Waals surface area contributed by atoms with Crippen LogP contribution in [0.3, 0.4) is 0 Å². The third-order valence-corrected chi connectivity index (χ3v) is 4.81. The van der Waals surface area contributed by atoms with Crippen LogP contribution in [0.15, 0.2) is 35.9 Å². The molecule has 1 saturated heterocycles. The molecule has 148 valence electrons. The number of barbiturate groups is 1. The quantitative estimate of drug-likeness (QED) is 0.587. The second-order valence-corrected chi connectivity index (χ2v) is 6.84. The number of hydrogen-bond acceptors (Lipinski definition) is 6. The Labute approximate surface area is 174 Å². The Bertz CT molecular complexity index is 1100. The largest absolute Gasteiger partial charge is 0.496 e. The van der Waals surface area contributed by atoms with E-state index in [-0.39, 0.29) is 23.1 Å². The standard InChI is InChI=1S/C19H12Cl2N2O6/c1-27-14-7-16-15(28-8-29-16)5-9(14)4-11-17(24)22-19(26)23(18(11)25)13-3-2-10(20)6-12(13)21/h2-7H,8H2,1H3,(H,22,24,26)/b11-4-. The highest BCUT2D eigenvalue weighted by molar-refractivity contribution is 6.42. The average Bonchev–Trinajstić information content (AvgIpc) is 3.13. The van der Waals surface area contributed by atoms with Gasteiger partial charge in [-0.15, -0.1) is 0 Å². The minimum absolute atomic E-state index is 0.0509. The first-order valence-electron chi connectivity index (χ1n) is 8.23. The van der Waals surface area contributed by atoms with E-state index in [9.17, 15) is 14.4 Å². The molecule has 8 nitrogen and oxygen atoms in total. The maximum atomic E-state index is 13.0. The molecule has 1 fully saturated rings. The molecule has 2 heterocycles. The molecule has 10 heteroatoms. The van der Waals surface area contributed by atoms with Crippen LogP contribution in [0.5, 0.6) is 17.2 Å². The molecule has 2 aliphatic rings. The Morgan fingerprint density at radius 1 is 1.10 bits per heavy atom. The second kappa shape index (κ2) is 7.31. The topological polar surface area (TPSA) is 94.2 Å². The zero-order chi connectivity index (χ0) is 20.7. The summed E-state index contributed by atoms with van der Waals surface area (Å²) in [6.45, 7) is 0.0509. The molecule has 2 aliphatic heterocycles. The molecule has 0 bridgehead atoms. The van der Waals surface area contributed by atoms with Gasteiger partial charge in [-0.05, 0) is 30.3 Å². The van der Waals surface area contributed by atoms with Crippen molar-refractivity contribution in [3.63, 3.8) is 0 Å². The number of carbonyl (C=O) groups excluding carboxylic acids is 3. The molecule has 0 unspecified atom stereocenters. The van der Waals surface area contributed by atoms with E-state index in [4.69, 9.17) is 37.4 Å². The third-order valence-electron chi connectivity index (χ3n) is 4.28. The maximum Gasteiger partial charge on any atom is 0.335 e. The van der Waals surface area contributed by atoms with Crippen molar-refractivity contribution < 1.29 is 28.6 Å². The monoisotopic (exact) mass is 434 g/mol. The summed E-state index contributed by atoms with van der Waals surface area (Å²) in [6, 6.07) is 6.52. The number of imide groups is 2. The first kappa shape index (κ1) is 19.1. The van der Waals surface area contributed by atoms with E-state index in [1.165, 1.54) is 31.4 Å². The molecule has 2 aromatic carbocycles. The van der Waals surface area contributed by atoms with Gasteiger partial charge < -0.3 is 14.2 Å². The number of benzene rings is 2. The summed E-state index contributed by atoms with van der Waals surface area (Å²) in [5, 5.41) is 2.54. The van der Waals surface area contributed by atoms with Crippen molar-refractivity contribution in [3.8, 4) is 17.2 Å². The highest BCUT2D eigenvalue weighted by atomic mass is 35.5. The number of fused-ring (bicyclic) bond motifs is 1. The fourth-order valence-corrected chi connectivity index (χ4v) is 3.42. The number of halogens is 2. The van der Waals surface area contributed by atoms with Gasteiger partial charge in [0.2, 0.25) is 6.79 Å². The molecule has 0 spiro atoms. The van der Waals surface area contributed by atoms with Crippen LogP contribution in [0, 0.1) is 0 Å². The lowest BCUT2D eigenvalue weighted by atomic mass is 10.1. The van der Waals surface area contributed by atoms with E-state index in [1.54, 1.807) is 12.1 Å². The smallest absolute Gasteiger partial charge is 0.335 e. The molecular weight excluding hydrogens is 423 g/mol. The predicted octanol–water partition coefficient (Wildman–Crippen LogP) is 3.40. The van der Waals surface area contributed by atoms with Gasteiger partial charge in [-0.25, -0.2) is 9.69 Å². The number of ether oxygens (including phenoxy) is 3. The van der Waals surface area contributed by atoms with E-state index < -0.39 is 17.8 Å². The van der Waals surface area contributed by atoms with Crippen molar-refractivity contribution in [2.45, 2.75) is 0 Å². The number of urea groups is 1. The summed E-state index contributed by atoms with van der Waals surface area (Å²) in [7, 11) is 1.44. The van der Waals surface area contributed by atoms with Crippen LogP contribution in [-0.2, 0) is 9.59 Å². The Kier molecular flexibility index (Phi) is 4.81. The van der Waals surface area contributed by atoms with E-state index >= 15 is 0 Å². The summed E-state index contributed by atoms with van der Waals surface area (Å²) in [6.07, 6.45) is 1.31. The number of hydrogen-bond donors (Lipinski definition) is 1. The van der Waals surface area contributed by atoms with E-state index in [1.807, 2.05) is 0 Å². The summed E-state index contributed by atoms with van der Waals surface area (Å²) in [4.78, 5) is 38.5. The molecule has 0 saturated carbocycles. The van der Waals surface area contributed by atoms with Crippen molar-refractivity contribution in [1.29, 1.82) is 0 Å². The van der Waals surface area contributed by atoms with Gasteiger partial charge in [-0.2, -0.15) is 0 Å². The summed E-state index contributed by atoms with van der Waals surface area (Å²) in [5.41, 5.74) is 0.203. The third kappa shape index (κ3) is 3.37. The minimum Gasteiger partial charge on any atom is -0.496 e. The molecule has 4 rings (SSSR count). The highest BCUT2D eigenvalue weighted by Crippen LogP contribution is 2.39. The molecule has 1 N–H and O–H groups in total. The number of carbonyl (C=O) groups is 3. The van der Waals surface area contributed by atoms with Gasteiger partial charge in [0.05, 0.1) is 17.8 Å². The minimum atomic E-state index is -0.918. The van der Waals surface area contributed by atoms with Gasteiger partial charge in [0.1, 0.15) is 11.3 Å². The van der Waals surface area contributed by atoms with Crippen LogP contribution in [0.2, 0.25) is 10.0 Å². The molecule has 29 heavy (non-hydrogen) atoms. The number of amides is 4. The number of methoxy groups -OCH3 is 1. The van der Waals surface area contributed by atoms with E-state index in [0.717, 1.165) is 4.90 Å². The van der Waals surface area contributed by atoms with Gasteiger partial charge in [-0.3, -0.25) is 14.9 Å². The van der Waals surface area contributed by atoms with Crippen LogP contribution in [0.1, 0.15) is 5.56 Å². The van der Waals surface area contributed by atoms with Crippen LogP contribution in [-0.4, -0.2) is 31.7 Å². The van der Waals surface area contributed by atoms with Crippen molar-refractivity contribution >= 4 is 52.8 Å². The average molecular weight is 435 g/mol. The molecule has 4 amide bonds. The van der Waals surface area contributed by atoms with Crippen LogP contribution in [0.4, 0.5) is 10.5 Å². The molecular formula is C19H12Cl2N2O6. The lowest BCUT2D eigenvalue weighted by molar-refractivity contribution is -0.122. The predicted molar refractivity (Wildman–Crippen MR) is 105 cm³/mol. The van der Waals surface area contributed by atoms with Gasteiger partial charge in [-0.1, -0.05) is 23.2 Å². The fraction of sp³-hybridized carbons (Fsp3) is 0.105. The van der Waals surface area contributed by atoms with Crippen molar-refractivity contribution in [2.24, 2.45) is 0 Å². The number of anilines is 1. The van der Waals surface area contributed by atoms with Gasteiger partial charge >= 0.3 is 6.03 Å². The van der Waals surface area contributed by atoms with Crippen LogP contribution >= 0.6 is 23.2 Å². The lowest BCUT2D eigenvalue weighted by Gasteiger charge is -2.27. The number of nitrogens with one attached hydrogen (secondary N) is 1. The van der Waals surface area contributed by atoms with E-state index in [2.05, 4.69) is 5.32 Å². The second-order valence-electron chi connectivity index (χ2n) is 6.00. The van der Waals surface area contributed by atoms with Gasteiger partial charge in [0, 0.05) is 16.7 Å².